The molecule has 0 aromatic rings. The Balaban J connectivity index is 2.03. The van der Waals surface area contributed by atoms with Crippen LogP contribution in [0, 0.1) is 23.7 Å². The molecule has 1 unspecified atom stereocenters. The van der Waals surface area contributed by atoms with Crippen molar-refractivity contribution in [3.05, 3.63) is 23.3 Å². The molecule has 0 amide bonds. The van der Waals surface area contributed by atoms with Crippen LogP contribution in [0.5, 0.6) is 0 Å². The van der Waals surface area contributed by atoms with Gasteiger partial charge in [0.05, 0.1) is 5.60 Å². The molecule has 2 heteroatoms. The maximum absolute atomic E-state index is 12.0. The first-order chi connectivity index (χ1) is 8.42. The second-order valence-electron chi connectivity index (χ2n) is 6.61. The highest BCUT2D eigenvalue weighted by Gasteiger charge is 2.50. The van der Waals surface area contributed by atoms with Gasteiger partial charge in [0.2, 0.25) is 0 Å². The van der Waals surface area contributed by atoms with Crippen LogP contribution in [-0.4, -0.2) is 16.5 Å². The van der Waals surface area contributed by atoms with Gasteiger partial charge in [-0.1, -0.05) is 24.6 Å². The molecule has 2 fully saturated rings. The molecule has 3 aliphatic rings. The zero-order valence-corrected chi connectivity index (χ0v) is 11.4. The minimum absolute atomic E-state index is 0.179. The lowest BCUT2D eigenvalue weighted by Crippen LogP contribution is -2.30. The van der Waals surface area contributed by atoms with Crippen LogP contribution in [-0.2, 0) is 4.79 Å². The van der Waals surface area contributed by atoms with Gasteiger partial charge in [0, 0.05) is 18.3 Å². The van der Waals surface area contributed by atoms with Crippen LogP contribution in [0.4, 0.5) is 0 Å². The Labute approximate surface area is 109 Å². The summed E-state index contributed by atoms with van der Waals surface area (Å²) in [4.78, 5) is 12.0. The molecular formula is C16H22O2. The molecule has 18 heavy (non-hydrogen) atoms. The first kappa shape index (κ1) is 12.2. The van der Waals surface area contributed by atoms with E-state index in [1.54, 1.807) is 0 Å². The number of allylic oxidation sites excluding steroid dienone is 3. The summed E-state index contributed by atoms with van der Waals surface area (Å²) >= 11 is 0. The quantitative estimate of drug-likeness (QED) is 0.713. The van der Waals surface area contributed by atoms with Crippen molar-refractivity contribution in [3.63, 3.8) is 0 Å². The van der Waals surface area contributed by atoms with E-state index in [0.29, 0.717) is 30.0 Å². The lowest BCUT2D eigenvalue weighted by Gasteiger charge is -2.30. The van der Waals surface area contributed by atoms with Gasteiger partial charge in [-0.2, -0.15) is 0 Å². The van der Waals surface area contributed by atoms with Crippen molar-refractivity contribution in [2.75, 3.05) is 0 Å². The van der Waals surface area contributed by atoms with E-state index >= 15 is 0 Å². The topological polar surface area (TPSA) is 37.3 Å². The molecule has 0 aromatic heterocycles. The second-order valence-corrected chi connectivity index (χ2v) is 6.61. The SMILES string of the molecule is CC1=CC=C2[C@H]1C1CC(=O)[C@@H](C)[C@@H]1CC[C@]2(C)O. The van der Waals surface area contributed by atoms with Gasteiger partial charge in [-0.05, 0) is 44.1 Å². The van der Waals surface area contributed by atoms with Gasteiger partial charge in [-0.15, -0.1) is 0 Å². The van der Waals surface area contributed by atoms with E-state index in [1.165, 1.54) is 5.57 Å². The summed E-state index contributed by atoms with van der Waals surface area (Å²) in [5.41, 5.74) is 1.78. The Morgan fingerprint density at radius 3 is 2.78 bits per heavy atom. The molecule has 2 saturated carbocycles. The van der Waals surface area contributed by atoms with Crippen molar-refractivity contribution in [2.24, 2.45) is 23.7 Å². The van der Waals surface area contributed by atoms with Crippen molar-refractivity contribution < 1.29 is 9.90 Å². The smallest absolute Gasteiger partial charge is 0.136 e. The summed E-state index contributed by atoms with van der Waals surface area (Å²) < 4.78 is 0. The Kier molecular flexibility index (Phi) is 2.57. The highest BCUT2D eigenvalue weighted by atomic mass is 16.3. The molecular weight excluding hydrogens is 224 g/mol. The molecule has 1 N–H and O–H groups in total. The number of Topliss-reactive ketones (excluding diaryl/α,β-unsaturated/α-hetero) is 1. The van der Waals surface area contributed by atoms with Crippen LogP contribution < -0.4 is 0 Å². The molecule has 0 spiro atoms. The molecule has 0 aromatic carbocycles. The Morgan fingerprint density at radius 1 is 1.33 bits per heavy atom. The first-order valence-corrected chi connectivity index (χ1v) is 7.06. The fraction of sp³-hybridized carbons (Fsp3) is 0.688. The van der Waals surface area contributed by atoms with E-state index in [4.69, 9.17) is 0 Å². The zero-order valence-electron chi connectivity index (χ0n) is 11.4. The van der Waals surface area contributed by atoms with Crippen molar-refractivity contribution in [3.8, 4) is 0 Å². The third-order valence-corrected chi connectivity index (χ3v) is 5.50. The lowest BCUT2D eigenvalue weighted by atomic mass is 9.76. The number of hydrogen-bond acceptors (Lipinski definition) is 2. The van der Waals surface area contributed by atoms with Gasteiger partial charge in [0.25, 0.3) is 0 Å². The molecule has 98 valence electrons. The van der Waals surface area contributed by atoms with Crippen molar-refractivity contribution in [1.82, 2.24) is 0 Å². The van der Waals surface area contributed by atoms with E-state index in [2.05, 4.69) is 26.0 Å². The molecule has 3 aliphatic carbocycles. The van der Waals surface area contributed by atoms with Gasteiger partial charge in [0.1, 0.15) is 5.78 Å². The fourth-order valence-corrected chi connectivity index (χ4v) is 4.36. The van der Waals surface area contributed by atoms with E-state index in [0.717, 1.165) is 18.4 Å². The number of ketones is 1. The highest BCUT2D eigenvalue weighted by molar-refractivity contribution is 5.84. The lowest BCUT2D eigenvalue weighted by molar-refractivity contribution is -0.120. The largest absolute Gasteiger partial charge is 0.386 e. The minimum atomic E-state index is -0.688. The maximum atomic E-state index is 12.0. The van der Waals surface area contributed by atoms with E-state index in [-0.39, 0.29) is 5.92 Å². The van der Waals surface area contributed by atoms with Crippen LogP contribution >= 0.6 is 0 Å². The fourth-order valence-electron chi connectivity index (χ4n) is 4.36. The van der Waals surface area contributed by atoms with Crippen LogP contribution in [0.1, 0.15) is 40.0 Å². The monoisotopic (exact) mass is 246 g/mol. The summed E-state index contributed by atoms with van der Waals surface area (Å²) in [6.45, 7) is 6.15. The van der Waals surface area contributed by atoms with Gasteiger partial charge >= 0.3 is 0 Å². The Morgan fingerprint density at radius 2 is 2.06 bits per heavy atom. The van der Waals surface area contributed by atoms with E-state index in [9.17, 15) is 9.90 Å². The number of fused-ring (bicyclic) bond motifs is 3. The average Bonchev–Trinajstić information content (AvgIpc) is 2.76. The molecule has 2 nitrogen and oxygen atoms in total. The molecule has 5 atom stereocenters. The van der Waals surface area contributed by atoms with Crippen molar-refractivity contribution in [1.29, 1.82) is 0 Å². The normalized spacial score (nSPS) is 47.2. The van der Waals surface area contributed by atoms with Gasteiger partial charge in [0.15, 0.2) is 0 Å². The maximum Gasteiger partial charge on any atom is 0.136 e. The molecule has 3 rings (SSSR count). The average molecular weight is 246 g/mol. The molecule has 0 saturated heterocycles. The van der Waals surface area contributed by atoms with Crippen molar-refractivity contribution >= 4 is 5.78 Å². The molecule has 0 radical (unpaired) electrons. The molecule has 0 heterocycles. The third kappa shape index (κ3) is 1.55. The Hall–Kier alpha value is -0.890. The zero-order chi connectivity index (χ0) is 13.1. The Bertz CT molecular complexity index is 456. The summed E-state index contributed by atoms with van der Waals surface area (Å²) in [5.74, 6) is 1.79. The number of carbonyl (C=O) groups excluding carboxylic acids is 1. The molecule has 0 aliphatic heterocycles. The van der Waals surface area contributed by atoms with Gasteiger partial charge < -0.3 is 5.11 Å². The van der Waals surface area contributed by atoms with Crippen molar-refractivity contribution in [2.45, 2.75) is 45.6 Å². The van der Waals surface area contributed by atoms with Crippen LogP contribution in [0.2, 0.25) is 0 Å². The predicted octanol–water partition coefficient (Wildman–Crippen LogP) is 2.88. The second kappa shape index (κ2) is 3.80. The summed E-state index contributed by atoms with van der Waals surface area (Å²) in [6, 6.07) is 0. The number of hydrogen-bond donors (Lipinski definition) is 1. The summed E-state index contributed by atoms with van der Waals surface area (Å²) in [7, 11) is 0. The van der Waals surface area contributed by atoms with E-state index in [1.807, 2.05) is 6.92 Å². The van der Waals surface area contributed by atoms with Crippen LogP contribution in [0.25, 0.3) is 0 Å². The molecule has 0 bridgehead atoms. The standard InChI is InChI=1S/C16H22O2/c1-9-4-5-13-15(9)12-8-14(17)10(2)11(12)6-7-16(13,3)18/h4-5,10-12,15,18H,6-8H2,1-3H3/t10-,11-,12?,15+,16-/m0/s1. The van der Waals surface area contributed by atoms with Gasteiger partial charge in [-0.3, -0.25) is 4.79 Å². The third-order valence-electron chi connectivity index (χ3n) is 5.50. The number of aliphatic hydroxyl groups is 1. The highest BCUT2D eigenvalue weighted by Crippen LogP contribution is 2.53. The predicted molar refractivity (Wildman–Crippen MR) is 71.0 cm³/mol. The summed E-state index contributed by atoms with van der Waals surface area (Å²) in [5, 5.41) is 10.7. The van der Waals surface area contributed by atoms with Crippen LogP contribution in [0.3, 0.4) is 0 Å². The number of carbonyl (C=O) groups is 1. The minimum Gasteiger partial charge on any atom is -0.386 e. The number of rotatable bonds is 0. The van der Waals surface area contributed by atoms with E-state index < -0.39 is 5.60 Å². The van der Waals surface area contributed by atoms with Crippen LogP contribution in [0.15, 0.2) is 23.3 Å². The van der Waals surface area contributed by atoms with Gasteiger partial charge in [-0.25, -0.2) is 0 Å². The first-order valence-electron chi connectivity index (χ1n) is 7.06. The summed E-state index contributed by atoms with van der Waals surface area (Å²) in [6.07, 6.45) is 6.69.